The first-order chi connectivity index (χ1) is 8.85. The Morgan fingerprint density at radius 3 is 2.21 bits per heavy atom. The van der Waals surface area contributed by atoms with E-state index in [1.165, 1.54) is 0 Å². The molecule has 1 unspecified atom stereocenters. The number of ether oxygens (including phenoxy) is 1. The van der Waals surface area contributed by atoms with Gasteiger partial charge < -0.3 is 5.11 Å². The van der Waals surface area contributed by atoms with Gasteiger partial charge in [-0.25, -0.2) is 0 Å². The lowest BCUT2D eigenvalue weighted by Gasteiger charge is -2.18. The number of carboxylic acids is 1. The van der Waals surface area contributed by atoms with E-state index in [9.17, 15) is 18.0 Å². The normalized spacial score (nSPS) is 13.5. The summed E-state index contributed by atoms with van der Waals surface area (Å²) in [6.07, 6.45) is 0.0174. The van der Waals surface area contributed by atoms with E-state index in [2.05, 4.69) is 11.7 Å². The van der Waals surface area contributed by atoms with Gasteiger partial charge in [0.25, 0.3) is 0 Å². The molecular weight excluding hydrogens is 261 g/mol. The zero-order valence-corrected chi connectivity index (χ0v) is 11.3. The summed E-state index contributed by atoms with van der Waals surface area (Å²) >= 11 is 0. The largest absolute Gasteiger partial charge is 0.522 e. The van der Waals surface area contributed by atoms with Crippen LogP contribution in [0.1, 0.15) is 64.7 Å². The topological polar surface area (TPSA) is 46.5 Å². The van der Waals surface area contributed by atoms with Crippen molar-refractivity contribution in [3.8, 4) is 0 Å². The van der Waals surface area contributed by atoms with Crippen LogP contribution in [0.3, 0.4) is 0 Å². The minimum absolute atomic E-state index is 0.0934. The van der Waals surface area contributed by atoms with Crippen LogP contribution in [-0.4, -0.2) is 23.5 Å². The molecule has 0 spiro atoms. The predicted octanol–water partition coefficient (Wildman–Crippen LogP) is 4.51. The van der Waals surface area contributed by atoms with Gasteiger partial charge >= 0.3 is 12.3 Å². The van der Waals surface area contributed by atoms with Crippen molar-refractivity contribution in [2.24, 2.45) is 0 Å². The van der Waals surface area contributed by atoms with Crippen LogP contribution in [0.15, 0.2) is 0 Å². The van der Waals surface area contributed by atoms with Crippen molar-refractivity contribution in [2.75, 3.05) is 0 Å². The highest BCUT2D eigenvalue weighted by molar-refractivity contribution is 5.66. The van der Waals surface area contributed by atoms with Gasteiger partial charge in [0.2, 0.25) is 0 Å². The first-order valence-corrected chi connectivity index (χ1v) is 6.81. The Balaban J connectivity index is 3.87. The standard InChI is InChI=1S/C13H23F3O3/c1-2-3-4-5-6-7-8-11(9-10-12(17)18)19-13(14,15)16/h11H,2-10H2,1H3,(H,17,18). The lowest BCUT2D eigenvalue weighted by molar-refractivity contribution is -0.344. The fourth-order valence-corrected chi connectivity index (χ4v) is 1.89. The van der Waals surface area contributed by atoms with Gasteiger partial charge in [-0.2, -0.15) is 0 Å². The number of halogens is 3. The van der Waals surface area contributed by atoms with E-state index in [0.717, 1.165) is 32.1 Å². The second-order valence-corrected chi connectivity index (χ2v) is 4.67. The summed E-state index contributed by atoms with van der Waals surface area (Å²) in [4.78, 5) is 10.4. The van der Waals surface area contributed by atoms with Gasteiger partial charge in [-0.15, -0.1) is 13.2 Å². The molecule has 0 saturated heterocycles. The molecule has 0 aliphatic rings. The van der Waals surface area contributed by atoms with Gasteiger partial charge in [-0.05, 0) is 12.8 Å². The smallest absolute Gasteiger partial charge is 0.481 e. The zero-order chi connectivity index (χ0) is 14.7. The predicted molar refractivity (Wildman–Crippen MR) is 65.8 cm³/mol. The fraction of sp³-hybridized carbons (Fsp3) is 0.923. The minimum Gasteiger partial charge on any atom is -0.481 e. The molecule has 0 rings (SSSR count). The maximum Gasteiger partial charge on any atom is 0.522 e. The fourth-order valence-electron chi connectivity index (χ4n) is 1.89. The molecule has 0 aliphatic heterocycles. The third-order valence-electron chi connectivity index (χ3n) is 2.86. The van der Waals surface area contributed by atoms with E-state index in [0.29, 0.717) is 6.42 Å². The van der Waals surface area contributed by atoms with Gasteiger partial charge in [0.1, 0.15) is 0 Å². The maximum absolute atomic E-state index is 12.1. The van der Waals surface area contributed by atoms with Crippen molar-refractivity contribution in [3.63, 3.8) is 0 Å². The number of carbonyl (C=O) groups is 1. The van der Waals surface area contributed by atoms with Crippen molar-refractivity contribution in [3.05, 3.63) is 0 Å². The van der Waals surface area contributed by atoms with Crippen LogP contribution in [0.4, 0.5) is 13.2 Å². The summed E-state index contributed by atoms with van der Waals surface area (Å²) in [7, 11) is 0. The Kier molecular flexibility index (Phi) is 9.65. The van der Waals surface area contributed by atoms with E-state index < -0.39 is 18.4 Å². The van der Waals surface area contributed by atoms with E-state index in [-0.39, 0.29) is 19.3 Å². The molecule has 0 radical (unpaired) electrons. The van der Waals surface area contributed by atoms with Crippen molar-refractivity contribution < 1.29 is 27.8 Å². The SMILES string of the molecule is CCCCCCCCC(CCC(=O)O)OC(F)(F)F. The first kappa shape index (κ1) is 18.2. The van der Waals surface area contributed by atoms with Gasteiger partial charge in [-0.3, -0.25) is 9.53 Å². The summed E-state index contributed by atoms with van der Waals surface area (Å²) in [6, 6.07) is 0. The Bertz CT molecular complexity index is 242. The lowest BCUT2D eigenvalue weighted by atomic mass is 10.0. The lowest BCUT2D eigenvalue weighted by Crippen LogP contribution is -2.24. The van der Waals surface area contributed by atoms with Crippen molar-refractivity contribution in [1.82, 2.24) is 0 Å². The Labute approximate surface area is 112 Å². The zero-order valence-electron chi connectivity index (χ0n) is 11.3. The molecular formula is C13H23F3O3. The monoisotopic (exact) mass is 284 g/mol. The first-order valence-electron chi connectivity index (χ1n) is 6.81. The molecule has 0 heterocycles. The highest BCUT2D eigenvalue weighted by Gasteiger charge is 2.33. The van der Waals surface area contributed by atoms with Gasteiger partial charge in [0.05, 0.1) is 6.10 Å². The highest BCUT2D eigenvalue weighted by atomic mass is 19.4. The number of aliphatic carboxylic acids is 1. The van der Waals surface area contributed by atoms with Gasteiger partial charge in [-0.1, -0.05) is 45.4 Å². The molecule has 114 valence electrons. The third-order valence-corrected chi connectivity index (χ3v) is 2.86. The van der Waals surface area contributed by atoms with Crippen LogP contribution < -0.4 is 0 Å². The molecule has 0 amide bonds. The number of carboxylic acid groups (broad SMARTS) is 1. The molecule has 1 atom stereocenters. The minimum atomic E-state index is -4.69. The van der Waals surface area contributed by atoms with Crippen LogP contribution >= 0.6 is 0 Å². The van der Waals surface area contributed by atoms with E-state index in [4.69, 9.17) is 5.11 Å². The molecule has 3 nitrogen and oxygen atoms in total. The average Bonchev–Trinajstić information content (AvgIpc) is 2.28. The van der Waals surface area contributed by atoms with Gasteiger partial charge in [0.15, 0.2) is 0 Å². The van der Waals surface area contributed by atoms with Crippen molar-refractivity contribution in [1.29, 1.82) is 0 Å². The van der Waals surface area contributed by atoms with E-state index >= 15 is 0 Å². The number of rotatable bonds is 11. The van der Waals surface area contributed by atoms with Crippen LogP contribution in [0.2, 0.25) is 0 Å². The summed E-state index contributed by atoms with van der Waals surface area (Å²) in [5.41, 5.74) is 0. The van der Waals surface area contributed by atoms with Crippen LogP contribution in [-0.2, 0) is 9.53 Å². The molecule has 0 aromatic heterocycles. The Morgan fingerprint density at radius 1 is 1.11 bits per heavy atom. The molecule has 0 bridgehead atoms. The van der Waals surface area contributed by atoms with Crippen LogP contribution in [0.25, 0.3) is 0 Å². The number of alkyl halides is 3. The molecule has 1 N–H and O–H groups in total. The summed E-state index contributed by atoms with van der Waals surface area (Å²) in [5, 5.41) is 8.49. The van der Waals surface area contributed by atoms with Crippen molar-refractivity contribution in [2.45, 2.75) is 77.2 Å². The number of unbranched alkanes of at least 4 members (excludes halogenated alkanes) is 5. The summed E-state index contributed by atoms with van der Waals surface area (Å²) in [6.45, 7) is 2.10. The third kappa shape index (κ3) is 13.5. The molecule has 0 fully saturated rings. The Hall–Kier alpha value is -0.780. The second kappa shape index (κ2) is 10.1. The molecule has 19 heavy (non-hydrogen) atoms. The van der Waals surface area contributed by atoms with E-state index in [1.807, 2.05) is 0 Å². The van der Waals surface area contributed by atoms with E-state index in [1.54, 1.807) is 0 Å². The second-order valence-electron chi connectivity index (χ2n) is 4.67. The molecule has 0 aromatic carbocycles. The Morgan fingerprint density at radius 2 is 1.68 bits per heavy atom. The number of hydrogen-bond donors (Lipinski definition) is 1. The van der Waals surface area contributed by atoms with Crippen LogP contribution in [0.5, 0.6) is 0 Å². The van der Waals surface area contributed by atoms with Crippen molar-refractivity contribution >= 4 is 5.97 Å². The van der Waals surface area contributed by atoms with Crippen LogP contribution in [0, 0.1) is 0 Å². The molecule has 0 aromatic rings. The highest BCUT2D eigenvalue weighted by Crippen LogP contribution is 2.24. The molecule has 0 aliphatic carbocycles. The summed E-state index contributed by atoms with van der Waals surface area (Å²) < 4.78 is 40.4. The maximum atomic E-state index is 12.1. The average molecular weight is 284 g/mol. The quantitative estimate of drug-likeness (QED) is 0.568. The van der Waals surface area contributed by atoms with Gasteiger partial charge in [0, 0.05) is 6.42 Å². The molecule has 6 heteroatoms. The molecule has 0 saturated carbocycles. The summed E-state index contributed by atoms with van der Waals surface area (Å²) in [5.74, 6) is -1.10. The number of hydrogen-bond acceptors (Lipinski definition) is 2.